The van der Waals surface area contributed by atoms with Gasteiger partial charge in [-0.15, -0.1) is 20.2 Å². The first-order valence-corrected chi connectivity index (χ1v) is 10.4. The number of primary sulfonamides is 1. The van der Waals surface area contributed by atoms with E-state index in [1.807, 2.05) is 0 Å². The number of nitrogens with two attached hydrogens (primary N) is 1. The largest absolute Gasteiger partial charge is 0.368 e. The van der Waals surface area contributed by atoms with E-state index >= 15 is 0 Å². The molecule has 15 nitrogen and oxygen atoms in total. The fraction of sp³-hybridized carbons (Fsp3) is 0.455. The van der Waals surface area contributed by atoms with E-state index in [4.69, 9.17) is 5.14 Å². The summed E-state index contributed by atoms with van der Waals surface area (Å²) in [5, 5.41) is 26.2. The Morgan fingerprint density at radius 3 is 2.46 bits per heavy atom. The fourth-order valence-electron chi connectivity index (χ4n) is 2.56. The number of anilines is 1. The normalized spacial score (nSPS) is 19.0. The summed E-state index contributed by atoms with van der Waals surface area (Å²) < 4.78 is 50.2. The standard InChI is InChI=1S/C11H15N5O10S2/c1-6-2-8-10(4-9(6)27(12,21)22)28(23,24)14-11(13-8)3-7(26-16(19)20)5-25-15(17)18/h2,4,7,11,13-14H,3,5H2,1H3,(H2,12,21,22). The first kappa shape index (κ1) is 21.5. The van der Waals surface area contributed by atoms with E-state index in [0.717, 1.165) is 6.07 Å². The molecule has 17 heteroatoms. The van der Waals surface area contributed by atoms with Crippen molar-refractivity contribution < 1.29 is 36.7 Å². The van der Waals surface area contributed by atoms with Crippen molar-refractivity contribution in [1.29, 1.82) is 0 Å². The summed E-state index contributed by atoms with van der Waals surface area (Å²) in [7, 11) is -8.40. The Balaban J connectivity index is 2.32. The highest BCUT2D eigenvalue weighted by Gasteiger charge is 2.33. The Morgan fingerprint density at radius 2 is 1.93 bits per heavy atom. The molecule has 1 aliphatic heterocycles. The molecule has 0 bridgehead atoms. The van der Waals surface area contributed by atoms with Crippen LogP contribution in [0, 0.1) is 27.2 Å². The number of nitrogens with zero attached hydrogens (tertiary/aromatic N) is 2. The van der Waals surface area contributed by atoms with Crippen LogP contribution in [0.1, 0.15) is 12.0 Å². The Hall–Kier alpha value is -2.76. The van der Waals surface area contributed by atoms with E-state index in [1.54, 1.807) is 0 Å². The van der Waals surface area contributed by atoms with Crippen molar-refractivity contribution in [3.05, 3.63) is 37.9 Å². The highest BCUT2D eigenvalue weighted by Crippen LogP contribution is 2.31. The molecule has 0 radical (unpaired) electrons. The molecule has 0 saturated heterocycles. The van der Waals surface area contributed by atoms with Crippen LogP contribution >= 0.6 is 0 Å². The number of rotatable bonds is 8. The van der Waals surface area contributed by atoms with E-state index in [1.165, 1.54) is 13.0 Å². The molecule has 156 valence electrons. The van der Waals surface area contributed by atoms with E-state index in [-0.39, 0.29) is 16.1 Å². The molecule has 1 aromatic carbocycles. The van der Waals surface area contributed by atoms with Crippen LogP contribution in [0.4, 0.5) is 5.69 Å². The molecule has 1 heterocycles. The Labute approximate surface area is 158 Å². The molecule has 2 rings (SSSR count). The van der Waals surface area contributed by atoms with Crippen LogP contribution in [-0.4, -0.2) is 45.9 Å². The minimum atomic E-state index is -4.23. The van der Waals surface area contributed by atoms with E-state index in [0.29, 0.717) is 0 Å². The van der Waals surface area contributed by atoms with Crippen molar-refractivity contribution >= 4 is 25.7 Å². The van der Waals surface area contributed by atoms with Crippen LogP contribution in [0.25, 0.3) is 0 Å². The van der Waals surface area contributed by atoms with E-state index in [2.05, 4.69) is 19.7 Å². The van der Waals surface area contributed by atoms with Crippen molar-refractivity contribution in [3.8, 4) is 0 Å². The van der Waals surface area contributed by atoms with Crippen LogP contribution in [0.15, 0.2) is 21.9 Å². The number of hydrogen-bond acceptors (Lipinski definition) is 11. The van der Waals surface area contributed by atoms with Gasteiger partial charge in [0.25, 0.3) is 10.2 Å². The molecule has 0 amide bonds. The van der Waals surface area contributed by atoms with Gasteiger partial charge in [-0.2, -0.15) is 4.72 Å². The maximum absolute atomic E-state index is 12.4. The average Bonchev–Trinajstić information content (AvgIpc) is 2.49. The predicted octanol–water partition coefficient (Wildman–Crippen LogP) is -1.15. The summed E-state index contributed by atoms with van der Waals surface area (Å²) in [5.41, 5.74) is 0.183. The SMILES string of the molecule is Cc1cc2c(cc1S(N)(=O)=O)S(=O)(=O)NC(CC(CO[N+](=O)[O-])O[N+](=O)[O-])N2. The van der Waals surface area contributed by atoms with Crippen LogP contribution in [0.5, 0.6) is 0 Å². The van der Waals surface area contributed by atoms with Crippen LogP contribution in [0.2, 0.25) is 0 Å². The fourth-order valence-corrected chi connectivity index (χ4v) is 4.76. The molecule has 2 unspecified atom stereocenters. The molecule has 28 heavy (non-hydrogen) atoms. The number of nitrogens with one attached hydrogen (secondary N) is 2. The maximum atomic E-state index is 12.4. The molecular weight excluding hydrogens is 426 g/mol. The van der Waals surface area contributed by atoms with Gasteiger partial charge in [-0.05, 0) is 24.6 Å². The van der Waals surface area contributed by atoms with Gasteiger partial charge in [0, 0.05) is 6.42 Å². The van der Waals surface area contributed by atoms with Crippen molar-refractivity contribution in [1.82, 2.24) is 4.72 Å². The monoisotopic (exact) mass is 441 g/mol. The summed E-state index contributed by atoms with van der Waals surface area (Å²) in [5.74, 6) is 0. The van der Waals surface area contributed by atoms with E-state index < -0.39 is 60.4 Å². The van der Waals surface area contributed by atoms with Gasteiger partial charge in [-0.25, -0.2) is 22.0 Å². The number of sulfonamides is 2. The molecule has 1 aromatic rings. The highest BCUT2D eigenvalue weighted by atomic mass is 32.2. The van der Waals surface area contributed by atoms with E-state index in [9.17, 15) is 37.1 Å². The molecule has 0 spiro atoms. The Bertz CT molecular complexity index is 1010. The number of hydrogen-bond donors (Lipinski definition) is 3. The summed E-state index contributed by atoms with van der Waals surface area (Å²) in [6, 6.07) is 2.11. The van der Waals surface area contributed by atoms with Gasteiger partial charge in [0.05, 0.1) is 16.7 Å². The second kappa shape index (κ2) is 7.70. The van der Waals surface area contributed by atoms with Gasteiger partial charge in [-0.1, -0.05) is 0 Å². The van der Waals surface area contributed by atoms with Gasteiger partial charge >= 0.3 is 0 Å². The summed E-state index contributed by atoms with van der Waals surface area (Å²) in [4.78, 5) is 28.3. The van der Waals surface area contributed by atoms with Gasteiger partial charge in [0.15, 0.2) is 0 Å². The molecule has 0 aromatic heterocycles. The Kier molecular flexibility index (Phi) is 5.92. The quantitative estimate of drug-likeness (QED) is 0.322. The lowest BCUT2D eigenvalue weighted by atomic mass is 10.2. The lowest BCUT2D eigenvalue weighted by Crippen LogP contribution is -2.47. The summed E-state index contributed by atoms with van der Waals surface area (Å²) in [6.07, 6.45) is -3.03. The molecule has 0 saturated carbocycles. The highest BCUT2D eigenvalue weighted by molar-refractivity contribution is 7.90. The molecule has 0 aliphatic carbocycles. The third-order valence-electron chi connectivity index (χ3n) is 3.60. The zero-order valence-electron chi connectivity index (χ0n) is 14.1. The van der Waals surface area contributed by atoms with Crippen molar-refractivity contribution in [2.24, 2.45) is 5.14 Å². The number of benzene rings is 1. The van der Waals surface area contributed by atoms with Gasteiger partial charge in [0.1, 0.15) is 17.6 Å². The second-order valence-electron chi connectivity index (χ2n) is 5.68. The molecule has 2 atom stereocenters. The smallest absolute Gasteiger partial charge is 0.294 e. The van der Waals surface area contributed by atoms with Crippen LogP contribution < -0.4 is 15.2 Å². The molecular formula is C11H15N5O10S2. The average molecular weight is 441 g/mol. The van der Waals surface area contributed by atoms with Crippen LogP contribution in [0.3, 0.4) is 0 Å². The van der Waals surface area contributed by atoms with Crippen molar-refractivity contribution in [3.63, 3.8) is 0 Å². The third kappa shape index (κ3) is 5.15. The minimum absolute atomic E-state index is 0.0173. The molecule has 4 N–H and O–H groups in total. The van der Waals surface area contributed by atoms with Gasteiger partial charge in [-0.3, -0.25) is 0 Å². The zero-order valence-corrected chi connectivity index (χ0v) is 15.7. The second-order valence-corrected chi connectivity index (χ2v) is 8.90. The van der Waals surface area contributed by atoms with Gasteiger partial charge in [0.2, 0.25) is 20.0 Å². The molecule has 0 fully saturated rings. The van der Waals surface area contributed by atoms with Crippen molar-refractivity contribution in [2.45, 2.75) is 35.4 Å². The number of aryl methyl sites for hydroxylation is 1. The first-order valence-electron chi connectivity index (χ1n) is 7.34. The zero-order chi connectivity index (χ0) is 21.3. The molecule has 1 aliphatic rings. The minimum Gasteiger partial charge on any atom is -0.368 e. The lowest BCUT2D eigenvalue weighted by Gasteiger charge is -2.30. The van der Waals surface area contributed by atoms with Crippen molar-refractivity contribution in [2.75, 3.05) is 11.9 Å². The van der Waals surface area contributed by atoms with Crippen LogP contribution in [-0.2, 0) is 29.7 Å². The third-order valence-corrected chi connectivity index (χ3v) is 6.16. The topological polar surface area (TPSA) is 223 Å². The summed E-state index contributed by atoms with van der Waals surface area (Å²) in [6.45, 7) is 0.582. The first-order chi connectivity index (χ1) is 12.8. The predicted molar refractivity (Wildman–Crippen MR) is 89.7 cm³/mol. The lowest BCUT2D eigenvalue weighted by molar-refractivity contribution is -0.790. The maximum Gasteiger partial charge on any atom is 0.294 e. The van der Waals surface area contributed by atoms with Gasteiger partial charge < -0.3 is 15.0 Å². The number of fused-ring (bicyclic) bond motifs is 1. The summed E-state index contributed by atoms with van der Waals surface area (Å²) >= 11 is 0. The Morgan fingerprint density at radius 1 is 1.29 bits per heavy atom.